The van der Waals surface area contributed by atoms with Gasteiger partial charge >= 0.3 is 12.1 Å². The average Bonchev–Trinajstić information content (AvgIpc) is 3.04. The molecule has 0 saturated carbocycles. The molecule has 142 valence electrons. The second-order valence-electron chi connectivity index (χ2n) is 7.12. The highest BCUT2D eigenvalue weighted by Crippen LogP contribution is 2.22. The maximum absolute atomic E-state index is 12.6. The van der Waals surface area contributed by atoms with Crippen molar-refractivity contribution >= 4 is 23.7 Å². The van der Waals surface area contributed by atoms with E-state index in [0.717, 1.165) is 6.42 Å². The molecule has 7 nitrogen and oxygen atoms in total. The minimum atomic E-state index is -0.608. The van der Waals surface area contributed by atoms with Crippen molar-refractivity contribution in [1.29, 1.82) is 0 Å². The Labute approximate surface area is 153 Å². The van der Waals surface area contributed by atoms with Crippen LogP contribution in [-0.2, 0) is 14.3 Å². The van der Waals surface area contributed by atoms with Gasteiger partial charge in [0, 0.05) is 12.2 Å². The van der Waals surface area contributed by atoms with Crippen molar-refractivity contribution < 1.29 is 23.9 Å². The summed E-state index contributed by atoms with van der Waals surface area (Å²) < 4.78 is 10.3. The van der Waals surface area contributed by atoms with Crippen LogP contribution in [0.3, 0.4) is 0 Å². The maximum Gasteiger partial charge on any atom is 0.410 e. The molecule has 0 spiro atoms. The van der Waals surface area contributed by atoms with Gasteiger partial charge in [0.1, 0.15) is 11.6 Å². The molecule has 1 aromatic rings. The SMILES string of the molecule is CCOC(=O)c1ccc(NC(=O)[C@@H]2CCCN2C(=O)OC(C)(C)C)cc1. The van der Waals surface area contributed by atoms with Crippen molar-refractivity contribution in [2.75, 3.05) is 18.5 Å². The van der Waals surface area contributed by atoms with Crippen molar-refractivity contribution in [3.05, 3.63) is 29.8 Å². The molecule has 0 radical (unpaired) electrons. The number of nitrogens with one attached hydrogen (secondary N) is 1. The molecule has 1 fully saturated rings. The van der Waals surface area contributed by atoms with Crippen molar-refractivity contribution in [1.82, 2.24) is 4.90 Å². The molecule has 0 bridgehead atoms. The van der Waals surface area contributed by atoms with Crippen LogP contribution in [0.1, 0.15) is 50.9 Å². The molecular formula is C19H26N2O5. The Kier molecular flexibility index (Phi) is 6.23. The van der Waals surface area contributed by atoms with E-state index >= 15 is 0 Å². The lowest BCUT2D eigenvalue weighted by Crippen LogP contribution is -2.45. The Morgan fingerprint density at radius 2 is 1.85 bits per heavy atom. The zero-order chi connectivity index (χ0) is 19.3. The third kappa shape index (κ3) is 5.21. The summed E-state index contributed by atoms with van der Waals surface area (Å²) in [7, 11) is 0. The van der Waals surface area contributed by atoms with Gasteiger partial charge in [-0.15, -0.1) is 0 Å². The molecule has 2 amide bonds. The van der Waals surface area contributed by atoms with Crippen molar-refractivity contribution in [2.24, 2.45) is 0 Å². The van der Waals surface area contributed by atoms with E-state index < -0.39 is 23.7 Å². The molecule has 7 heteroatoms. The number of likely N-dealkylation sites (tertiary alicyclic amines) is 1. The number of ether oxygens (including phenoxy) is 2. The second-order valence-corrected chi connectivity index (χ2v) is 7.12. The van der Waals surface area contributed by atoms with Gasteiger partial charge in [-0.2, -0.15) is 0 Å². The van der Waals surface area contributed by atoms with Crippen LogP contribution in [0.5, 0.6) is 0 Å². The fourth-order valence-corrected chi connectivity index (χ4v) is 2.71. The first-order valence-corrected chi connectivity index (χ1v) is 8.79. The largest absolute Gasteiger partial charge is 0.462 e. The van der Waals surface area contributed by atoms with Gasteiger partial charge in [-0.25, -0.2) is 9.59 Å². The number of carbonyl (C=O) groups excluding carboxylic acids is 3. The third-order valence-corrected chi connectivity index (χ3v) is 3.85. The van der Waals surface area contributed by atoms with Crippen molar-refractivity contribution in [3.8, 4) is 0 Å². The second kappa shape index (κ2) is 8.21. The molecule has 26 heavy (non-hydrogen) atoms. The normalized spacial score (nSPS) is 16.9. The fraction of sp³-hybridized carbons (Fsp3) is 0.526. The van der Waals surface area contributed by atoms with Crippen LogP contribution in [0.4, 0.5) is 10.5 Å². The summed E-state index contributed by atoms with van der Waals surface area (Å²) in [6.07, 6.45) is 0.860. The smallest absolute Gasteiger partial charge is 0.410 e. The zero-order valence-corrected chi connectivity index (χ0v) is 15.7. The van der Waals surface area contributed by atoms with E-state index in [2.05, 4.69) is 5.32 Å². The first-order chi connectivity index (χ1) is 12.2. The summed E-state index contributed by atoms with van der Waals surface area (Å²) in [5.41, 5.74) is 0.365. The summed E-state index contributed by atoms with van der Waals surface area (Å²) in [5.74, 6) is -0.672. The molecule has 1 saturated heterocycles. The third-order valence-electron chi connectivity index (χ3n) is 3.85. The van der Waals surface area contributed by atoms with Gasteiger partial charge in [-0.1, -0.05) is 0 Å². The topological polar surface area (TPSA) is 84.9 Å². The number of nitrogens with zero attached hydrogens (tertiary/aromatic N) is 1. The van der Waals surface area contributed by atoms with Crippen LogP contribution < -0.4 is 5.32 Å². The molecule has 0 aromatic heterocycles. The summed E-state index contributed by atoms with van der Waals surface area (Å²) in [6, 6.07) is 5.89. The van der Waals surface area contributed by atoms with Crippen molar-refractivity contribution in [3.63, 3.8) is 0 Å². The minimum Gasteiger partial charge on any atom is -0.462 e. The highest BCUT2D eigenvalue weighted by molar-refractivity contribution is 5.97. The molecule has 0 unspecified atom stereocenters. The first-order valence-electron chi connectivity index (χ1n) is 8.79. The monoisotopic (exact) mass is 362 g/mol. The van der Waals surface area contributed by atoms with E-state index in [9.17, 15) is 14.4 Å². The van der Waals surface area contributed by atoms with E-state index in [4.69, 9.17) is 9.47 Å². The average molecular weight is 362 g/mol. The zero-order valence-electron chi connectivity index (χ0n) is 15.7. The Morgan fingerprint density at radius 3 is 2.42 bits per heavy atom. The van der Waals surface area contributed by atoms with Crippen LogP contribution in [0.2, 0.25) is 0 Å². The van der Waals surface area contributed by atoms with Gasteiger partial charge in [0.2, 0.25) is 5.91 Å². The van der Waals surface area contributed by atoms with Crippen molar-refractivity contribution in [2.45, 2.75) is 52.2 Å². The van der Waals surface area contributed by atoms with E-state index in [1.54, 1.807) is 52.0 Å². The molecule has 2 rings (SSSR count). The molecule has 1 N–H and O–H groups in total. The van der Waals surface area contributed by atoms with E-state index in [-0.39, 0.29) is 5.91 Å². The number of rotatable bonds is 4. The summed E-state index contributed by atoms with van der Waals surface area (Å²) in [5, 5.41) is 2.79. The lowest BCUT2D eigenvalue weighted by Gasteiger charge is -2.28. The van der Waals surface area contributed by atoms with Gasteiger partial charge < -0.3 is 14.8 Å². The van der Waals surface area contributed by atoms with Crippen LogP contribution in [0, 0.1) is 0 Å². The molecule has 1 aliphatic heterocycles. The fourth-order valence-electron chi connectivity index (χ4n) is 2.71. The highest BCUT2D eigenvalue weighted by atomic mass is 16.6. The number of esters is 1. The number of hydrogen-bond acceptors (Lipinski definition) is 5. The quantitative estimate of drug-likeness (QED) is 0.832. The maximum atomic E-state index is 12.6. The predicted molar refractivity (Wildman–Crippen MR) is 97.0 cm³/mol. The van der Waals surface area contributed by atoms with Crippen LogP contribution in [0.25, 0.3) is 0 Å². The van der Waals surface area contributed by atoms with E-state index in [1.807, 2.05) is 0 Å². The van der Waals surface area contributed by atoms with Gasteiger partial charge in [0.15, 0.2) is 0 Å². The van der Waals surface area contributed by atoms with E-state index in [0.29, 0.717) is 30.8 Å². The van der Waals surface area contributed by atoms with Crippen LogP contribution in [-0.4, -0.2) is 47.7 Å². The number of hydrogen-bond donors (Lipinski definition) is 1. The Balaban J connectivity index is 2.00. The van der Waals surface area contributed by atoms with Gasteiger partial charge in [-0.05, 0) is 64.8 Å². The molecule has 0 aliphatic carbocycles. The molecule has 1 atom stereocenters. The van der Waals surface area contributed by atoms with Gasteiger partial charge in [0.05, 0.1) is 12.2 Å². The summed E-state index contributed by atoms with van der Waals surface area (Å²) in [6.45, 7) is 7.92. The lowest BCUT2D eigenvalue weighted by atomic mass is 10.1. The lowest BCUT2D eigenvalue weighted by molar-refractivity contribution is -0.120. The highest BCUT2D eigenvalue weighted by Gasteiger charge is 2.36. The first kappa shape index (κ1) is 19.8. The molecule has 1 aromatic carbocycles. The summed E-state index contributed by atoms with van der Waals surface area (Å²) >= 11 is 0. The number of benzene rings is 1. The molecule has 1 aliphatic rings. The Hall–Kier alpha value is -2.57. The predicted octanol–water partition coefficient (Wildman–Crippen LogP) is 3.20. The molecule has 1 heterocycles. The number of amides is 2. The summed E-state index contributed by atoms with van der Waals surface area (Å²) in [4.78, 5) is 38.0. The van der Waals surface area contributed by atoms with Gasteiger partial charge in [-0.3, -0.25) is 9.69 Å². The Morgan fingerprint density at radius 1 is 1.19 bits per heavy atom. The van der Waals surface area contributed by atoms with Crippen LogP contribution in [0.15, 0.2) is 24.3 Å². The number of carbonyl (C=O) groups is 3. The van der Waals surface area contributed by atoms with Crippen LogP contribution >= 0.6 is 0 Å². The number of anilines is 1. The Bertz CT molecular complexity index is 664. The standard InChI is InChI=1S/C19H26N2O5/c1-5-25-17(23)13-8-10-14(11-9-13)20-16(22)15-7-6-12-21(15)18(24)26-19(2,3)4/h8-11,15H,5-7,12H2,1-4H3,(H,20,22)/t15-/m0/s1. The van der Waals surface area contributed by atoms with Gasteiger partial charge in [0.25, 0.3) is 0 Å². The molecular weight excluding hydrogens is 336 g/mol. The van der Waals surface area contributed by atoms with E-state index in [1.165, 1.54) is 4.90 Å². The minimum absolute atomic E-state index is 0.266.